The molecule has 0 radical (unpaired) electrons. The first kappa shape index (κ1) is 16.5. The minimum absolute atomic E-state index is 0.130. The van der Waals surface area contributed by atoms with Crippen LogP contribution in [0.3, 0.4) is 0 Å². The number of benzene rings is 2. The summed E-state index contributed by atoms with van der Waals surface area (Å²) in [5.41, 5.74) is 0.807. The van der Waals surface area contributed by atoms with Crippen molar-refractivity contribution in [1.82, 2.24) is 5.32 Å². The number of nitrogens with one attached hydrogen (secondary N) is 1. The zero-order valence-corrected chi connectivity index (χ0v) is 13.4. The van der Waals surface area contributed by atoms with Gasteiger partial charge in [0, 0.05) is 6.61 Å². The number of hydrogen-bond acceptors (Lipinski definition) is 3. The molecule has 24 heavy (non-hydrogen) atoms. The third-order valence-corrected chi connectivity index (χ3v) is 4.40. The third-order valence-electron chi connectivity index (χ3n) is 4.40. The van der Waals surface area contributed by atoms with E-state index in [4.69, 9.17) is 4.74 Å². The summed E-state index contributed by atoms with van der Waals surface area (Å²) in [6.07, 6.45) is 1.50. The molecule has 1 saturated heterocycles. The number of carbonyl (C=O) groups is 2. The number of amides is 1. The van der Waals surface area contributed by atoms with Crippen LogP contribution >= 0.6 is 0 Å². The number of ether oxygens (including phenoxy) is 1. The van der Waals surface area contributed by atoms with Gasteiger partial charge in [-0.15, -0.1) is 0 Å². The average Bonchev–Trinajstić information content (AvgIpc) is 2.61. The van der Waals surface area contributed by atoms with Gasteiger partial charge in [-0.05, 0) is 35.2 Å². The average molecular weight is 327 g/mol. The topological polar surface area (TPSA) is 75.6 Å². The molecule has 126 valence electrons. The van der Waals surface area contributed by atoms with Crippen LogP contribution in [0.25, 0.3) is 10.8 Å². The summed E-state index contributed by atoms with van der Waals surface area (Å²) in [7, 11) is 0. The van der Waals surface area contributed by atoms with E-state index in [1.165, 1.54) is 0 Å². The van der Waals surface area contributed by atoms with Crippen molar-refractivity contribution in [3.8, 4) is 0 Å². The maximum absolute atomic E-state index is 12.4. The first-order valence-electron chi connectivity index (χ1n) is 8.22. The predicted molar refractivity (Wildman–Crippen MR) is 90.6 cm³/mol. The SMILES string of the molecule is O=C(O)C[C@H](NC(=O)C1CCCOC1)c1ccc2ccccc2c1. The van der Waals surface area contributed by atoms with Gasteiger partial charge in [0.25, 0.3) is 0 Å². The minimum atomic E-state index is -0.937. The van der Waals surface area contributed by atoms with Gasteiger partial charge in [0.1, 0.15) is 0 Å². The van der Waals surface area contributed by atoms with E-state index < -0.39 is 12.0 Å². The molecule has 1 unspecified atom stereocenters. The Bertz CT molecular complexity index is 737. The molecule has 2 N–H and O–H groups in total. The van der Waals surface area contributed by atoms with Gasteiger partial charge in [-0.1, -0.05) is 36.4 Å². The van der Waals surface area contributed by atoms with Crippen LogP contribution in [-0.4, -0.2) is 30.2 Å². The van der Waals surface area contributed by atoms with Crippen molar-refractivity contribution in [2.24, 2.45) is 5.92 Å². The van der Waals surface area contributed by atoms with Crippen LogP contribution in [0.4, 0.5) is 0 Å². The van der Waals surface area contributed by atoms with E-state index in [0.29, 0.717) is 13.2 Å². The minimum Gasteiger partial charge on any atom is -0.481 e. The largest absolute Gasteiger partial charge is 0.481 e. The number of rotatable bonds is 5. The number of carboxylic acids is 1. The second-order valence-electron chi connectivity index (χ2n) is 6.18. The van der Waals surface area contributed by atoms with Crippen LogP contribution in [0.15, 0.2) is 42.5 Å². The Hall–Kier alpha value is -2.40. The number of hydrogen-bond donors (Lipinski definition) is 2. The lowest BCUT2D eigenvalue weighted by Gasteiger charge is -2.25. The van der Waals surface area contributed by atoms with Crippen LogP contribution in [0, 0.1) is 5.92 Å². The van der Waals surface area contributed by atoms with Gasteiger partial charge in [-0.25, -0.2) is 0 Å². The van der Waals surface area contributed by atoms with Crippen molar-refractivity contribution in [2.45, 2.75) is 25.3 Å². The van der Waals surface area contributed by atoms with Gasteiger partial charge in [-0.3, -0.25) is 9.59 Å². The van der Waals surface area contributed by atoms with Gasteiger partial charge < -0.3 is 15.2 Å². The molecule has 1 amide bonds. The highest BCUT2D eigenvalue weighted by atomic mass is 16.5. The van der Waals surface area contributed by atoms with Gasteiger partial charge in [0.2, 0.25) is 5.91 Å². The fourth-order valence-electron chi connectivity index (χ4n) is 3.09. The molecule has 1 fully saturated rings. The zero-order valence-electron chi connectivity index (χ0n) is 13.4. The van der Waals surface area contributed by atoms with Crippen molar-refractivity contribution in [3.05, 3.63) is 48.0 Å². The molecule has 0 spiro atoms. The fourth-order valence-corrected chi connectivity index (χ4v) is 3.09. The predicted octanol–water partition coefficient (Wildman–Crippen LogP) is 2.90. The molecule has 5 nitrogen and oxygen atoms in total. The highest BCUT2D eigenvalue weighted by Gasteiger charge is 2.25. The summed E-state index contributed by atoms with van der Waals surface area (Å²) in [5.74, 6) is -1.27. The quantitative estimate of drug-likeness (QED) is 0.885. The van der Waals surface area contributed by atoms with Crippen LogP contribution < -0.4 is 5.32 Å². The standard InChI is InChI=1S/C19H21NO4/c21-18(22)11-17(20-19(23)16-6-3-9-24-12-16)15-8-7-13-4-1-2-5-14(13)10-15/h1-2,4-5,7-8,10,16-17H,3,6,9,11-12H2,(H,20,23)(H,21,22)/t16?,17-/m0/s1. The molecule has 1 heterocycles. The molecular weight excluding hydrogens is 306 g/mol. The zero-order chi connectivity index (χ0) is 16.9. The highest BCUT2D eigenvalue weighted by molar-refractivity contribution is 5.84. The molecule has 3 rings (SSSR count). The van der Waals surface area contributed by atoms with E-state index in [9.17, 15) is 14.7 Å². The Labute approximate surface area is 140 Å². The van der Waals surface area contributed by atoms with Crippen LogP contribution in [0.2, 0.25) is 0 Å². The number of aliphatic carboxylic acids is 1. The molecule has 0 bridgehead atoms. The second kappa shape index (κ2) is 7.45. The summed E-state index contributed by atoms with van der Waals surface area (Å²) < 4.78 is 5.35. The van der Waals surface area contributed by atoms with E-state index in [2.05, 4.69) is 5.32 Å². The van der Waals surface area contributed by atoms with E-state index >= 15 is 0 Å². The molecule has 5 heteroatoms. The number of fused-ring (bicyclic) bond motifs is 1. The van der Waals surface area contributed by atoms with E-state index in [-0.39, 0.29) is 18.2 Å². The normalized spacial score (nSPS) is 18.9. The Balaban J connectivity index is 1.81. The van der Waals surface area contributed by atoms with Gasteiger partial charge in [0.15, 0.2) is 0 Å². The maximum Gasteiger partial charge on any atom is 0.305 e. The smallest absolute Gasteiger partial charge is 0.305 e. The van der Waals surface area contributed by atoms with Crippen molar-refractivity contribution < 1.29 is 19.4 Å². The molecule has 1 aliphatic rings. The molecule has 0 saturated carbocycles. The third kappa shape index (κ3) is 3.92. The Kier molecular flexibility index (Phi) is 5.11. The monoisotopic (exact) mass is 327 g/mol. The lowest BCUT2D eigenvalue weighted by molar-refractivity contribution is -0.138. The fraction of sp³-hybridized carbons (Fsp3) is 0.368. The summed E-state index contributed by atoms with van der Waals surface area (Å²) in [4.78, 5) is 23.7. The summed E-state index contributed by atoms with van der Waals surface area (Å²) in [6.45, 7) is 1.09. The van der Waals surface area contributed by atoms with Crippen molar-refractivity contribution >= 4 is 22.6 Å². The Morgan fingerprint density at radius 1 is 1.21 bits per heavy atom. The highest BCUT2D eigenvalue weighted by Crippen LogP contribution is 2.24. The van der Waals surface area contributed by atoms with E-state index in [1.807, 2.05) is 42.5 Å². The number of carboxylic acid groups (broad SMARTS) is 1. The van der Waals surface area contributed by atoms with Crippen molar-refractivity contribution in [2.75, 3.05) is 13.2 Å². The van der Waals surface area contributed by atoms with Gasteiger partial charge >= 0.3 is 5.97 Å². The number of carbonyl (C=O) groups excluding carboxylic acids is 1. The lowest BCUT2D eigenvalue weighted by atomic mass is 9.97. The van der Waals surface area contributed by atoms with Crippen LogP contribution in [-0.2, 0) is 14.3 Å². The summed E-state index contributed by atoms with van der Waals surface area (Å²) >= 11 is 0. The molecule has 1 aliphatic heterocycles. The van der Waals surface area contributed by atoms with Gasteiger partial charge in [-0.2, -0.15) is 0 Å². The Morgan fingerprint density at radius 2 is 2.00 bits per heavy atom. The molecule has 2 aromatic rings. The summed E-state index contributed by atoms with van der Waals surface area (Å²) in [5, 5.41) is 14.2. The second-order valence-corrected chi connectivity index (χ2v) is 6.18. The first-order chi connectivity index (χ1) is 11.6. The molecule has 2 aromatic carbocycles. The Morgan fingerprint density at radius 3 is 2.71 bits per heavy atom. The summed E-state index contributed by atoms with van der Waals surface area (Å²) in [6, 6.07) is 13.1. The van der Waals surface area contributed by atoms with E-state index in [1.54, 1.807) is 0 Å². The van der Waals surface area contributed by atoms with Crippen molar-refractivity contribution in [3.63, 3.8) is 0 Å². The van der Waals surface area contributed by atoms with Crippen LogP contribution in [0.1, 0.15) is 30.9 Å². The molecular formula is C19H21NO4. The van der Waals surface area contributed by atoms with Gasteiger partial charge in [0.05, 0.1) is 25.0 Å². The lowest BCUT2D eigenvalue weighted by Crippen LogP contribution is -2.38. The first-order valence-corrected chi connectivity index (χ1v) is 8.22. The molecule has 0 aliphatic carbocycles. The van der Waals surface area contributed by atoms with E-state index in [0.717, 1.165) is 29.2 Å². The van der Waals surface area contributed by atoms with Crippen molar-refractivity contribution in [1.29, 1.82) is 0 Å². The maximum atomic E-state index is 12.4. The molecule has 0 aromatic heterocycles. The molecule has 2 atom stereocenters. The van der Waals surface area contributed by atoms with Crippen LogP contribution in [0.5, 0.6) is 0 Å².